The van der Waals surface area contributed by atoms with E-state index < -0.39 is 0 Å². The molecule has 4 heteroatoms. The number of nitrogens with zero attached hydrogens (tertiary/aromatic N) is 2. The standard InChI is InChI=1S/C18H28N2O2/c1-12-2-4-15(5-3-12)20(16-8-9-16)18(22)13-10-17(21)19(11-13)14-6-7-14/h12-16H,2-11H2,1H3. The lowest BCUT2D eigenvalue weighted by molar-refractivity contribution is -0.139. The topological polar surface area (TPSA) is 40.6 Å². The molecule has 0 N–H and O–H groups in total. The lowest BCUT2D eigenvalue weighted by Gasteiger charge is -2.37. The van der Waals surface area contributed by atoms with Crippen LogP contribution in [0.3, 0.4) is 0 Å². The predicted octanol–water partition coefficient (Wildman–Crippen LogP) is 2.57. The van der Waals surface area contributed by atoms with Gasteiger partial charge in [0.2, 0.25) is 11.8 Å². The van der Waals surface area contributed by atoms with Crippen LogP contribution >= 0.6 is 0 Å². The molecule has 1 aliphatic heterocycles. The maximum atomic E-state index is 13.1. The van der Waals surface area contributed by atoms with Gasteiger partial charge < -0.3 is 9.80 Å². The zero-order valence-corrected chi connectivity index (χ0v) is 13.7. The summed E-state index contributed by atoms with van der Waals surface area (Å²) in [7, 11) is 0. The van der Waals surface area contributed by atoms with Gasteiger partial charge in [-0.25, -0.2) is 0 Å². The molecule has 1 atom stereocenters. The third-order valence-electron chi connectivity index (χ3n) is 6.07. The average molecular weight is 304 g/mol. The third kappa shape index (κ3) is 2.77. The Hall–Kier alpha value is -1.06. The molecular weight excluding hydrogens is 276 g/mol. The van der Waals surface area contributed by atoms with Crippen LogP contribution < -0.4 is 0 Å². The first kappa shape index (κ1) is 14.5. The van der Waals surface area contributed by atoms with Crippen molar-refractivity contribution >= 4 is 11.8 Å². The van der Waals surface area contributed by atoms with Crippen molar-refractivity contribution in [3.8, 4) is 0 Å². The molecule has 2 amide bonds. The summed E-state index contributed by atoms with van der Waals surface area (Å²) in [5.74, 6) is 1.26. The largest absolute Gasteiger partial charge is 0.339 e. The van der Waals surface area contributed by atoms with E-state index in [-0.39, 0.29) is 11.8 Å². The van der Waals surface area contributed by atoms with Crippen molar-refractivity contribution in [2.75, 3.05) is 6.54 Å². The Labute approximate surface area is 133 Å². The minimum absolute atomic E-state index is 0.0620. The highest BCUT2D eigenvalue weighted by Gasteiger charge is 2.46. The van der Waals surface area contributed by atoms with Gasteiger partial charge in [0.15, 0.2) is 0 Å². The lowest BCUT2D eigenvalue weighted by Crippen LogP contribution is -2.47. The van der Waals surface area contributed by atoms with Gasteiger partial charge in [0, 0.05) is 31.1 Å². The molecule has 0 aromatic rings. The first-order valence-corrected chi connectivity index (χ1v) is 9.25. The van der Waals surface area contributed by atoms with Gasteiger partial charge >= 0.3 is 0 Å². The Bertz CT molecular complexity index is 462. The number of carbonyl (C=O) groups excluding carboxylic acids is 2. The second kappa shape index (κ2) is 5.54. The molecular formula is C18H28N2O2. The van der Waals surface area contributed by atoms with Crippen LogP contribution in [0, 0.1) is 11.8 Å². The van der Waals surface area contributed by atoms with Gasteiger partial charge in [-0.15, -0.1) is 0 Å². The van der Waals surface area contributed by atoms with E-state index in [0.717, 1.165) is 31.6 Å². The molecule has 0 bridgehead atoms. The Morgan fingerprint density at radius 2 is 1.59 bits per heavy atom. The number of carbonyl (C=O) groups is 2. The van der Waals surface area contributed by atoms with Gasteiger partial charge in [-0.3, -0.25) is 9.59 Å². The van der Waals surface area contributed by atoms with Crippen LogP contribution in [-0.4, -0.2) is 46.3 Å². The molecule has 4 rings (SSSR count). The summed E-state index contributed by atoms with van der Waals surface area (Å²) < 4.78 is 0. The number of hydrogen-bond acceptors (Lipinski definition) is 2. The Kier molecular flexibility index (Phi) is 3.66. The van der Waals surface area contributed by atoms with Crippen LogP contribution in [0.5, 0.6) is 0 Å². The number of hydrogen-bond donors (Lipinski definition) is 0. The summed E-state index contributed by atoms with van der Waals surface area (Å²) >= 11 is 0. The van der Waals surface area contributed by atoms with Crippen molar-refractivity contribution in [1.29, 1.82) is 0 Å². The summed E-state index contributed by atoms with van der Waals surface area (Å²) in [6.07, 6.45) is 9.90. The summed E-state index contributed by atoms with van der Waals surface area (Å²) in [5.41, 5.74) is 0. The predicted molar refractivity (Wildman–Crippen MR) is 84.1 cm³/mol. The monoisotopic (exact) mass is 304 g/mol. The molecule has 22 heavy (non-hydrogen) atoms. The molecule has 4 nitrogen and oxygen atoms in total. The van der Waals surface area contributed by atoms with E-state index >= 15 is 0 Å². The maximum Gasteiger partial charge on any atom is 0.228 e. The van der Waals surface area contributed by atoms with E-state index in [4.69, 9.17) is 0 Å². The van der Waals surface area contributed by atoms with Crippen LogP contribution in [0.15, 0.2) is 0 Å². The number of amides is 2. The highest BCUT2D eigenvalue weighted by molar-refractivity contribution is 5.90. The molecule has 3 aliphatic carbocycles. The molecule has 1 unspecified atom stereocenters. The van der Waals surface area contributed by atoms with E-state index in [1.54, 1.807) is 0 Å². The third-order valence-corrected chi connectivity index (χ3v) is 6.07. The molecule has 4 aliphatic rings. The smallest absolute Gasteiger partial charge is 0.228 e. The van der Waals surface area contributed by atoms with Crippen molar-refractivity contribution in [1.82, 2.24) is 9.80 Å². The van der Waals surface area contributed by atoms with E-state index in [2.05, 4.69) is 11.8 Å². The fraction of sp³-hybridized carbons (Fsp3) is 0.889. The molecule has 122 valence electrons. The molecule has 4 fully saturated rings. The molecule has 0 radical (unpaired) electrons. The summed E-state index contributed by atoms with van der Waals surface area (Å²) in [6, 6.07) is 1.38. The first-order valence-electron chi connectivity index (χ1n) is 9.25. The number of rotatable bonds is 4. The summed E-state index contributed by atoms with van der Waals surface area (Å²) in [4.78, 5) is 29.4. The second-order valence-corrected chi connectivity index (χ2v) is 8.07. The zero-order chi connectivity index (χ0) is 15.3. The molecule has 1 heterocycles. The Morgan fingerprint density at radius 3 is 2.14 bits per heavy atom. The fourth-order valence-electron chi connectivity index (χ4n) is 4.38. The van der Waals surface area contributed by atoms with E-state index in [1.165, 1.54) is 25.7 Å². The molecule has 0 aromatic heterocycles. The molecule has 3 saturated carbocycles. The summed E-state index contributed by atoms with van der Waals surface area (Å²) in [5, 5.41) is 0. The quantitative estimate of drug-likeness (QED) is 0.801. The van der Waals surface area contributed by atoms with Gasteiger partial charge in [-0.2, -0.15) is 0 Å². The molecule has 0 spiro atoms. The fourth-order valence-corrected chi connectivity index (χ4v) is 4.38. The van der Waals surface area contributed by atoms with Gasteiger partial charge in [-0.05, 0) is 57.3 Å². The van der Waals surface area contributed by atoms with Crippen molar-refractivity contribution < 1.29 is 9.59 Å². The molecule has 1 saturated heterocycles. The second-order valence-electron chi connectivity index (χ2n) is 8.07. The van der Waals surface area contributed by atoms with E-state index in [0.29, 0.717) is 37.0 Å². The molecule has 0 aromatic carbocycles. The summed E-state index contributed by atoms with van der Waals surface area (Å²) in [6.45, 7) is 3.01. The van der Waals surface area contributed by atoms with Crippen molar-refractivity contribution in [2.45, 2.75) is 82.8 Å². The minimum Gasteiger partial charge on any atom is -0.339 e. The highest BCUT2D eigenvalue weighted by Crippen LogP contribution is 2.39. The van der Waals surface area contributed by atoms with Crippen molar-refractivity contribution in [3.63, 3.8) is 0 Å². The normalized spacial score (nSPS) is 35.8. The van der Waals surface area contributed by atoms with E-state index in [1.807, 2.05) is 4.90 Å². The maximum absolute atomic E-state index is 13.1. The van der Waals surface area contributed by atoms with Crippen LogP contribution in [0.25, 0.3) is 0 Å². The van der Waals surface area contributed by atoms with Crippen LogP contribution in [0.4, 0.5) is 0 Å². The van der Waals surface area contributed by atoms with Gasteiger partial charge in [0.05, 0.1) is 5.92 Å². The lowest BCUT2D eigenvalue weighted by atomic mass is 9.86. The zero-order valence-electron chi connectivity index (χ0n) is 13.7. The highest BCUT2D eigenvalue weighted by atomic mass is 16.2. The van der Waals surface area contributed by atoms with Crippen molar-refractivity contribution in [2.24, 2.45) is 11.8 Å². The van der Waals surface area contributed by atoms with Crippen LogP contribution in [-0.2, 0) is 9.59 Å². The van der Waals surface area contributed by atoms with Gasteiger partial charge in [-0.1, -0.05) is 6.92 Å². The van der Waals surface area contributed by atoms with Crippen LogP contribution in [0.1, 0.15) is 64.7 Å². The minimum atomic E-state index is -0.0620. The van der Waals surface area contributed by atoms with Crippen LogP contribution in [0.2, 0.25) is 0 Å². The first-order chi connectivity index (χ1) is 10.6. The Balaban J connectivity index is 1.43. The van der Waals surface area contributed by atoms with Gasteiger partial charge in [0.25, 0.3) is 0 Å². The van der Waals surface area contributed by atoms with Gasteiger partial charge in [0.1, 0.15) is 0 Å². The van der Waals surface area contributed by atoms with Crippen molar-refractivity contribution in [3.05, 3.63) is 0 Å². The Morgan fingerprint density at radius 1 is 1.00 bits per heavy atom. The number of likely N-dealkylation sites (tertiary alicyclic amines) is 1. The average Bonchev–Trinajstić information content (AvgIpc) is 3.41. The van der Waals surface area contributed by atoms with E-state index in [9.17, 15) is 9.59 Å². The SMILES string of the molecule is CC1CCC(N(C(=O)C2CC(=O)N(C3CC3)C2)C2CC2)CC1.